The summed E-state index contributed by atoms with van der Waals surface area (Å²) in [6.07, 6.45) is 1.27. The molecule has 0 aliphatic heterocycles. The topological polar surface area (TPSA) is 78.6 Å². The molecule has 0 radical (unpaired) electrons. The van der Waals surface area contributed by atoms with Crippen LogP contribution in [0.3, 0.4) is 0 Å². The highest BCUT2D eigenvalue weighted by atomic mass is 35.5. The zero-order chi connectivity index (χ0) is 15.7. The molecule has 114 valence electrons. The molecule has 0 N–H and O–H groups in total. The fraction of sp³-hybridized carbons (Fsp3) is 0.0714. The van der Waals surface area contributed by atoms with Crippen LogP contribution in [0.5, 0.6) is 11.5 Å². The third-order valence-corrected chi connectivity index (χ3v) is 4.41. The van der Waals surface area contributed by atoms with E-state index >= 15 is 0 Å². The van der Waals surface area contributed by atoms with Crippen molar-refractivity contribution in [3.8, 4) is 11.5 Å². The van der Waals surface area contributed by atoms with E-state index in [1.807, 2.05) is 0 Å². The van der Waals surface area contributed by atoms with Crippen LogP contribution in [0.25, 0.3) is 11.1 Å². The van der Waals surface area contributed by atoms with Gasteiger partial charge in [0.1, 0.15) is 21.9 Å². The summed E-state index contributed by atoms with van der Waals surface area (Å²) < 4.78 is 40.0. The summed E-state index contributed by atoms with van der Waals surface area (Å²) in [7, 11) is -2.73. The summed E-state index contributed by atoms with van der Waals surface area (Å²) in [6.45, 7) is 0. The number of methoxy groups -OCH3 is 1. The van der Waals surface area contributed by atoms with Crippen LogP contribution in [0.15, 0.2) is 52.1 Å². The van der Waals surface area contributed by atoms with E-state index in [4.69, 9.17) is 24.9 Å². The molecule has 0 bridgehead atoms. The molecule has 0 spiro atoms. The van der Waals surface area contributed by atoms with E-state index in [1.165, 1.54) is 43.8 Å². The maximum atomic E-state index is 12.4. The second kappa shape index (κ2) is 5.51. The van der Waals surface area contributed by atoms with Gasteiger partial charge in [-0.2, -0.15) is 8.42 Å². The predicted octanol–water partition coefficient (Wildman–Crippen LogP) is 3.26. The van der Waals surface area contributed by atoms with Crippen LogP contribution in [0.1, 0.15) is 0 Å². The Balaban J connectivity index is 2.01. The molecule has 1 heterocycles. The van der Waals surface area contributed by atoms with E-state index in [1.54, 1.807) is 6.07 Å². The first-order valence-corrected chi connectivity index (χ1v) is 7.89. The standard InChI is InChI=1S/C14H10ClNO5S/c1-19-13-4-2-9(15)6-14(13)22(17,18)21-10-3-5-12-11(7-10)16-8-20-12/h2-8H,1H3. The van der Waals surface area contributed by atoms with Gasteiger partial charge in [-0.1, -0.05) is 11.6 Å². The van der Waals surface area contributed by atoms with Gasteiger partial charge in [-0.25, -0.2) is 4.98 Å². The number of aromatic nitrogens is 1. The molecule has 2 aromatic carbocycles. The quantitative estimate of drug-likeness (QED) is 0.679. The average Bonchev–Trinajstić information content (AvgIpc) is 2.94. The summed E-state index contributed by atoms with van der Waals surface area (Å²) in [4.78, 5) is 3.79. The summed E-state index contributed by atoms with van der Waals surface area (Å²) in [5.41, 5.74) is 1.02. The number of ether oxygens (including phenoxy) is 1. The van der Waals surface area contributed by atoms with Crippen molar-refractivity contribution >= 4 is 32.8 Å². The average molecular weight is 340 g/mol. The van der Waals surface area contributed by atoms with E-state index in [-0.39, 0.29) is 21.4 Å². The highest BCUT2D eigenvalue weighted by Crippen LogP contribution is 2.30. The normalized spacial score (nSPS) is 11.5. The fourth-order valence-electron chi connectivity index (χ4n) is 1.91. The lowest BCUT2D eigenvalue weighted by atomic mass is 10.3. The monoisotopic (exact) mass is 339 g/mol. The largest absolute Gasteiger partial charge is 0.495 e. The molecule has 6 nitrogen and oxygen atoms in total. The first-order chi connectivity index (χ1) is 10.5. The minimum absolute atomic E-state index is 0.114. The molecule has 8 heteroatoms. The van der Waals surface area contributed by atoms with Crippen molar-refractivity contribution in [1.29, 1.82) is 0 Å². The first kappa shape index (κ1) is 14.7. The van der Waals surface area contributed by atoms with Gasteiger partial charge >= 0.3 is 10.1 Å². The third kappa shape index (κ3) is 2.72. The van der Waals surface area contributed by atoms with Crippen LogP contribution in [0, 0.1) is 0 Å². The first-order valence-electron chi connectivity index (χ1n) is 6.11. The van der Waals surface area contributed by atoms with Gasteiger partial charge in [-0.05, 0) is 30.3 Å². The zero-order valence-electron chi connectivity index (χ0n) is 11.3. The van der Waals surface area contributed by atoms with Gasteiger partial charge in [0.25, 0.3) is 0 Å². The van der Waals surface area contributed by atoms with Crippen molar-refractivity contribution in [2.45, 2.75) is 4.90 Å². The molecule has 0 aliphatic carbocycles. The maximum absolute atomic E-state index is 12.4. The Kier molecular flexibility index (Phi) is 3.67. The number of rotatable bonds is 4. The lowest BCUT2D eigenvalue weighted by Gasteiger charge is -2.10. The Hall–Kier alpha value is -2.25. The van der Waals surface area contributed by atoms with Gasteiger partial charge in [-0.15, -0.1) is 0 Å². The SMILES string of the molecule is COc1ccc(Cl)cc1S(=O)(=O)Oc1ccc2ocnc2c1. The number of nitrogens with zero attached hydrogens (tertiary/aromatic N) is 1. The predicted molar refractivity (Wildman–Crippen MR) is 79.8 cm³/mol. The Labute approximate surface area is 131 Å². The van der Waals surface area contributed by atoms with Crippen LogP contribution in [-0.4, -0.2) is 20.5 Å². The molecule has 0 saturated heterocycles. The second-order valence-electron chi connectivity index (χ2n) is 4.31. The van der Waals surface area contributed by atoms with E-state index in [9.17, 15) is 8.42 Å². The zero-order valence-corrected chi connectivity index (χ0v) is 12.9. The summed E-state index contributed by atoms with van der Waals surface area (Å²) in [6, 6.07) is 8.77. The van der Waals surface area contributed by atoms with Crippen LogP contribution >= 0.6 is 11.6 Å². The molecule has 3 aromatic rings. The van der Waals surface area contributed by atoms with E-state index < -0.39 is 10.1 Å². The lowest BCUT2D eigenvalue weighted by molar-refractivity contribution is 0.398. The number of hydrogen-bond donors (Lipinski definition) is 0. The number of halogens is 1. The molecule has 0 fully saturated rings. The Morgan fingerprint density at radius 3 is 2.77 bits per heavy atom. The minimum Gasteiger partial charge on any atom is -0.495 e. The van der Waals surface area contributed by atoms with E-state index in [0.717, 1.165) is 0 Å². The lowest BCUT2D eigenvalue weighted by Crippen LogP contribution is -2.11. The number of hydrogen-bond acceptors (Lipinski definition) is 6. The third-order valence-electron chi connectivity index (χ3n) is 2.90. The van der Waals surface area contributed by atoms with Crippen LogP contribution in [-0.2, 0) is 10.1 Å². The van der Waals surface area contributed by atoms with Gasteiger partial charge in [0, 0.05) is 11.1 Å². The molecule has 0 aliphatic rings. The van der Waals surface area contributed by atoms with Crippen molar-refractivity contribution in [3.63, 3.8) is 0 Å². The number of benzene rings is 2. The van der Waals surface area contributed by atoms with Gasteiger partial charge < -0.3 is 13.3 Å². The van der Waals surface area contributed by atoms with Gasteiger partial charge in [-0.3, -0.25) is 0 Å². The number of fused-ring (bicyclic) bond motifs is 1. The highest BCUT2D eigenvalue weighted by Gasteiger charge is 2.22. The second-order valence-corrected chi connectivity index (χ2v) is 6.27. The van der Waals surface area contributed by atoms with Gasteiger partial charge in [0.05, 0.1) is 7.11 Å². The Bertz CT molecular complexity index is 935. The summed E-state index contributed by atoms with van der Waals surface area (Å²) in [5, 5.41) is 0.259. The van der Waals surface area contributed by atoms with Crippen molar-refractivity contribution in [3.05, 3.63) is 47.8 Å². The molecule has 0 atom stereocenters. The summed E-state index contributed by atoms with van der Waals surface area (Å²) >= 11 is 5.85. The van der Waals surface area contributed by atoms with E-state index in [2.05, 4.69) is 4.98 Å². The molecular formula is C14H10ClNO5S. The Morgan fingerprint density at radius 1 is 1.18 bits per heavy atom. The van der Waals surface area contributed by atoms with Crippen LogP contribution in [0.2, 0.25) is 5.02 Å². The van der Waals surface area contributed by atoms with Gasteiger partial charge in [0.15, 0.2) is 12.0 Å². The van der Waals surface area contributed by atoms with Crippen LogP contribution in [0.4, 0.5) is 0 Å². The van der Waals surface area contributed by atoms with Crippen molar-refractivity contribution in [2.75, 3.05) is 7.11 Å². The summed E-state index contributed by atoms with van der Waals surface area (Å²) in [5.74, 6) is 0.260. The van der Waals surface area contributed by atoms with Crippen molar-refractivity contribution in [1.82, 2.24) is 4.98 Å². The highest BCUT2D eigenvalue weighted by molar-refractivity contribution is 7.87. The molecule has 1 aromatic heterocycles. The molecule has 0 saturated carbocycles. The molecular weight excluding hydrogens is 330 g/mol. The van der Waals surface area contributed by atoms with Crippen molar-refractivity contribution in [2.24, 2.45) is 0 Å². The molecule has 0 unspecified atom stereocenters. The molecule has 22 heavy (non-hydrogen) atoms. The number of oxazole rings is 1. The maximum Gasteiger partial charge on any atom is 0.342 e. The minimum atomic E-state index is -4.10. The Morgan fingerprint density at radius 2 is 2.00 bits per heavy atom. The van der Waals surface area contributed by atoms with Crippen molar-refractivity contribution < 1.29 is 21.8 Å². The van der Waals surface area contributed by atoms with Gasteiger partial charge in [0.2, 0.25) is 0 Å². The fourth-order valence-corrected chi connectivity index (χ4v) is 3.26. The van der Waals surface area contributed by atoms with E-state index in [0.29, 0.717) is 11.1 Å². The molecule has 3 rings (SSSR count). The smallest absolute Gasteiger partial charge is 0.342 e. The molecule has 0 amide bonds. The van der Waals surface area contributed by atoms with Crippen LogP contribution < -0.4 is 8.92 Å².